The van der Waals surface area contributed by atoms with Gasteiger partial charge in [-0.15, -0.1) is 0 Å². The van der Waals surface area contributed by atoms with Gasteiger partial charge in [-0.1, -0.05) is 34.9 Å². The molecule has 86 valence electrons. The number of ether oxygens (including phenoxy) is 1. The van der Waals surface area contributed by atoms with Gasteiger partial charge in [0.15, 0.2) is 11.5 Å². The fraction of sp³-hybridized carbons (Fsp3) is 0.143. The summed E-state index contributed by atoms with van der Waals surface area (Å²) in [5, 5.41) is 0.865. The van der Waals surface area contributed by atoms with E-state index in [1.807, 2.05) is 54.6 Å². The molecule has 2 rings (SSSR count). The van der Waals surface area contributed by atoms with Crippen molar-refractivity contribution in [1.29, 1.82) is 0 Å². The van der Waals surface area contributed by atoms with Gasteiger partial charge in [0, 0.05) is 5.56 Å². The van der Waals surface area contributed by atoms with E-state index in [0.29, 0.717) is 6.16 Å². The molecular weight excluding hydrogens is 231 g/mol. The lowest BCUT2D eigenvalue weighted by atomic mass is 10.2. The third-order valence-electron chi connectivity index (χ3n) is 2.53. The molecule has 0 aliphatic carbocycles. The van der Waals surface area contributed by atoms with E-state index in [-0.39, 0.29) is 0 Å². The van der Waals surface area contributed by atoms with Gasteiger partial charge in [0.25, 0.3) is 0 Å². The van der Waals surface area contributed by atoms with Gasteiger partial charge in [0.2, 0.25) is 0 Å². The van der Waals surface area contributed by atoms with Crippen molar-refractivity contribution in [2.75, 3.05) is 7.11 Å². The van der Waals surface area contributed by atoms with Crippen LogP contribution in [0.25, 0.3) is 0 Å². The minimum absolute atomic E-state index is 0.586. The second-order valence-corrected chi connectivity index (χ2v) is 5.31. The van der Waals surface area contributed by atoms with Crippen LogP contribution in [0.3, 0.4) is 0 Å². The first-order chi connectivity index (χ1) is 8.29. The maximum absolute atomic E-state index is 12.1. The third kappa shape index (κ3) is 3.15. The first-order valence-corrected chi connectivity index (χ1v) is 6.87. The molecule has 17 heavy (non-hydrogen) atoms. The number of hydrogen-bond acceptors (Lipinski definition) is 2. The van der Waals surface area contributed by atoms with Crippen LogP contribution >= 0.6 is 7.80 Å². The highest BCUT2D eigenvalue weighted by Gasteiger charge is 2.19. The van der Waals surface area contributed by atoms with Crippen LogP contribution in [0.15, 0.2) is 54.6 Å². The van der Waals surface area contributed by atoms with Crippen LogP contribution in [-0.2, 0) is 10.7 Å². The second-order valence-electron chi connectivity index (χ2n) is 3.72. The highest BCUT2D eigenvalue weighted by molar-refractivity contribution is 7.52. The lowest BCUT2D eigenvalue weighted by molar-refractivity contribution is 0.415. The van der Waals surface area contributed by atoms with Gasteiger partial charge in [-0.3, -0.25) is 0 Å². The van der Waals surface area contributed by atoms with Gasteiger partial charge in [-0.25, -0.2) is 0 Å². The summed E-state index contributed by atoms with van der Waals surface area (Å²) in [6, 6.07) is 17.3. The average Bonchev–Trinajstić information content (AvgIpc) is 2.40. The molecule has 0 N–H and O–H groups in total. The Hall–Kier alpha value is -1.66. The van der Waals surface area contributed by atoms with E-state index in [2.05, 4.69) is 0 Å². The normalized spacial score (nSPS) is 11.0. The van der Waals surface area contributed by atoms with Crippen molar-refractivity contribution in [3.05, 3.63) is 60.2 Å². The van der Waals surface area contributed by atoms with E-state index in [9.17, 15) is 4.57 Å². The second kappa shape index (κ2) is 5.60. The Morgan fingerprint density at radius 2 is 1.65 bits per heavy atom. The van der Waals surface area contributed by atoms with Crippen molar-refractivity contribution in [1.82, 2.24) is 0 Å². The summed E-state index contributed by atoms with van der Waals surface area (Å²) in [6.07, 6.45) is 0.586. The van der Waals surface area contributed by atoms with E-state index in [4.69, 9.17) is 4.74 Å². The van der Waals surface area contributed by atoms with Crippen LogP contribution in [-0.4, -0.2) is 7.11 Å². The quantitative estimate of drug-likeness (QED) is 0.772. The van der Waals surface area contributed by atoms with Crippen LogP contribution in [0.4, 0.5) is 0 Å². The Balaban J connectivity index is 2.09. The third-order valence-corrected chi connectivity index (χ3v) is 4.06. The lowest BCUT2D eigenvalue weighted by Crippen LogP contribution is -1.97. The Morgan fingerprint density at radius 1 is 1.00 bits per heavy atom. The Morgan fingerprint density at radius 3 is 2.24 bits per heavy atom. The SMILES string of the molecule is COc1ccc([P+](=O)Cc2ccccc2)cc1. The van der Waals surface area contributed by atoms with Crippen LogP contribution in [0.2, 0.25) is 0 Å². The summed E-state index contributed by atoms with van der Waals surface area (Å²) in [7, 11) is 0.249. The summed E-state index contributed by atoms with van der Waals surface area (Å²) in [5.74, 6) is 0.789. The van der Waals surface area contributed by atoms with Crippen LogP contribution < -0.4 is 10.0 Å². The first-order valence-electron chi connectivity index (χ1n) is 5.42. The molecule has 0 spiro atoms. The number of benzene rings is 2. The van der Waals surface area contributed by atoms with E-state index >= 15 is 0 Å². The van der Waals surface area contributed by atoms with Crippen molar-refractivity contribution >= 4 is 13.1 Å². The van der Waals surface area contributed by atoms with Crippen LogP contribution in [0.1, 0.15) is 5.56 Å². The molecule has 0 aliphatic heterocycles. The predicted octanol–water partition coefficient (Wildman–Crippen LogP) is 3.35. The summed E-state index contributed by atoms with van der Waals surface area (Å²) in [4.78, 5) is 0. The zero-order chi connectivity index (χ0) is 12.1. The van der Waals surface area contributed by atoms with Crippen LogP contribution in [0.5, 0.6) is 5.75 Å². The Bertz CT molecular complexity index is 491. The minimum atomic E-state index is -1.37. The summed E-state index contributed by atoms with van der Waals surface area (Å²) in [5.41, 5.74) is 1.10. The fourth-order valence-electron chi connectivity index (χ4n) is 1.59. The Labute approximate surface area is 102 Å². The van der Waals surface area contributed by atoms with E-state index in [1.165, 1.54) is 0 Å². The number of rotatable bonds is 4. The lowest BCUT2D eigenvalue weighted by Gasteiger charge is -1.97. The van der Waals surface area contributed by atoms with Crippen molar-refractivity contribution in [3.63, 3.8) is 0 Å². The molecular formula is C14H14O2P+. The van der Waals surface area contributed by atoms with Gasteiger partial charge in [-0.05, 0) is 24.3 Å². The van der Waals surface area contributed by atoms with Gasteiger partial charge in [-0.2, -0.15) is 0 Å². The zero-order valence-electron chi connectivity index (χ0n) is 9.67. The number of hydrogen-bond donors (Lipinski definition) is 0. The molecule has 0 radical (unpaired) electrons. The molecule has 2 aromatic carbocycles. The smallest absolute Gasteiger partial charge is 0.381 e. The van der Waals surface area contributed by atoms with Crippen molar-refractivity contribution in [2.45, 2.75) is 6.16 Å². The molecule has 1 atom stereocenters. The molecule has 0 aliphatic rings. The van der Waals surface area contributed by atoms with Crippen LogP contribution in [0, 0.1) is 0 Å². The first kappa shape index (κ1) is 11.8. The maximum atomic E-state index is 12.1. The van der Waals surface area contributed by atoms with Gasteiger partial charge in [0.1, 0.15) is 5.75 Å². The largest absolute Gasteiger partial charge is 0.497 e. The molecule has 0 heterocycles. The topological polar surface area (TPSA) is 26.3 Å². The van der Waals surface area contributed by atoms with E-state index < -0.39 is 7.80 Å². The molecule has 2 nitrogen and oxygen atoms in total. The van der Waals surface area contributed by atoms with E-state index in [0.717, 1.165) is 16.6 Å². The number of methoxy groups -OCH3 is 1. The summed E-state index contributed by atoms with van der Waals surface area (Å²) in [6.45, 7) is 0. The van der Waals surface area contributed by atoms with Gasteiger partial charge < -0.3 is 4.74 Å². The molecule has 0 saturated carbocycles. The van der Waals surface area contributed by atoms with E-state index in [1.54, 1.807) is 7.11 Å². The highest BCUT2D eigenvalue weighted by Crippen LogP contribution is 2.26. The molecule has 0 amide bonds. The van der Waals surface area contributed by atoms with Gasteiger partial charge >= 0.3 is 7.80 Å². The maximum Gasteiger partial charge on any atom is 0.381 e. The predicted molar refractivity (Wildman–Crippen MR) is 70.4 cm³/mol. The monoisotopic (exact) mass is 245 g/mol. The summed E-state index contributed by atoms with van der Waals surface area (Å²) < 4.78 is 17.2. The minimum Gasteiger partial charge on any atom is -0.497 e. The molecule has 2 aromatic rings. The van der Waals surface area contributed by atoms with Crippen molar-refractivity contribution < 1.29 is 9.30 Å². The molecule has 0 aromatic heterocycles. The molecule has 0 bridgehead atoms. The van der Waals surface area contributed by atoms with Crippen molar-refractivity contribution in [3.8, 4) is 5.75 Å². The van der Waals surface area contributed by atoms with Crippen molar-refractivity contribution in [2.24, 2.45) is 0 Å². The van der Waals surface area contributed by atoms with Gasteiger partial charge in [0.05, 0.1) is 7.11 Å². The molecule has 0 saturated heterocycles. The Kier molecular flexibility index (Phi) is 3.89. The highest BCUT2D eigenvalue weighted by atomic mass is 31.1. The molecule has 1 unspecified atom stereocenters. The molecule has 3 heteroatoms. The summed E-state index contributed by atoms with van der Waals surface area (Å²) >= 11 is 0. The zero-order valence-corrected chi connectivity index (χ0v) is 10.6. The fourth-order valence-corrected chi connectivity index (χ4v) is 2.80. The standard InChI is InChI=1S/C14H14O2P/c1-16-13-7-9-14(10-8-13)17(15)11-12-5-3-2-4-6-12/h2-10H,11H2,1H3/q+1. The average molecular weight is 245 g/mol. The molecule has 0 fully saturated rings.